The van der Waals surface area contributed by atoms with Crippen LogP contribution in [0.4, 0.5) is 0 Å². The Kier molecular flexibility index (Phi) is 3.96. The maximum atomic E-state index is 7.43. The lowest BCUT2D eigenvalue weighted by molar-refractivity contribution is 0.121. The molecule has 0 spiro atoms. The average Bonchev–Trinajstić information content (AvgIpc) is 3.26. The number of hydrogen-bond donors (Lipinski definition) is 2. The third-order valence-electron chi connectivity index (χ3n) is 4.23. The fraction of sp³-hybridized carbons (Fsp3) is 0.533. The van der Waals surface area contributed by atoms with Crippen molar-refractivity contribution in [3.63, 3.8) is 0 Å². The molecule has 5 heteroatoms. The zero-order valence-electron chi connectivity index (χ0n) is 11.6. The van der Waals surface area contributed by atoms with Gasteiger partial charge in [0, 0.05) is 49.4 Å². The zero-order valence-corrected chi connectivity index (χ0v) is 12.4. The average molecular weight is 293 g/mol. The molecule has 108 valence electrons. The number of amidine groups is 1. The summed E-state index contributed by atoms with van der Waals surface area (Å²) >= 11 is 6.29. The highest BCUT2D eigenvalue weighted by atomic mass is 35.5. The van der Waals surface area contributed by atoms with Gasteiger partial charge in [0.15, 0.2) is 0 Å². The van der Waals surface area contributed by atoms with Crippen molar-refractivity contribution in [1.29, 1.82) is 5.41 Å². The Morgan fingerprint density at radius 2 is 1.95 bits per heavy atom. The Balaban J connectivity index is 1.59. The summed E-state index contributed by atoms with van der Waals surface area (Å²) in [6, 6.07) is 6.53. The second-order valence-corrected chi connectivity index (χ2v) is 6.17. The molecule has 1 heterocycles. The molecule has 1 aliphatic heterocycles. The predicted molar refractivity (Wildman–Crippen MR) is 82.3 cm³/mol. The van der Waals surface area contributed by atoms with Crippen molar-refractivity contribution in [3.8, 4) is 0 Å². The summed E-state index contributed by atoms with van der Waals surface area (Å²) in [5, 5.41) is 8.14. The molecule has 1 aliphatic carbocycles. The van der Waals surface area contributed by atoms with Gasteiger partial charge in [-0.25, -0.2) is 0 Å². The Morgan fingerprint density at radius 1 is 1.25 bits per heavy atom. The van der Waals surface area contributed by atoms with Gasteiger partial charge in [-0.3, -0.25) is 15.2 Å². The molecule has 20 heavy (non-hydrogen) atoms. The molecule has 1 saturated carbocycles. The van der Waals surface area contributed by atoms with Gasteiger partial charge in [-0.2, -0.15) is 0 Å². The van der Waals surface area contributed by atoms with Crippen molar-refractivity contribution in [2.45, 2.75) is 25.4 Å². The Morgan fingerprint density at radius 3 is 2.50 bits per heavy atom. The first-order valence-electron chi connectivity index (χ1n) is 7.23. The standard InChI is InChI=1S/C15H21ClN4/c16-14-9-11(15(17)18)1-2-12(14)10-19-5-7-20(8-6-19)13-3-4-13/h1-2,9,13H,3-8,10H2,(H3,17,18). The number of nitrogens with two attached hydrogens (primary N) is 1. The second-order valence-electron chi connectivity index (χ2n) is 5.76. The third kappa shape index (κ3) is 3.14. The van der Waals surface area contributed by atoms with Crippen molar-refractivity contribution in [2.75, 3.05) is 26.2 Å². The molecule has 1 saturated heterocycles. The van der Waals surface area contributed by atoms with E-state index in [1.165, 1.54) is 25.9 Å². The van der Waals surface area contributed by atoms with E-state index < -0.39 is 0 Å². The number of benzene rings is 1. The minimum Gasteiger partial charge on any atom is -0.384 e. The van der Waals surface area contributed by atoms with Gasteiger partial charge in [0.05, 0.1) is 0 Å². The number of nitrogens with zero attached hydrogens (tertiary/aromatic N) is 2. The first kappa shape index (κ1) is 13.9. The largest absolute Gasteiger partial charge is 0.384 e. The maximum absolute atomic E-state index is 7.43. The van der Waals surface area contributed by atoms with E-state index in [0.29, 0.717) is 10.6 Å². The molecule has 4 nitrogen and oxygen atoms in total. The van der Waals surface area contributed by atoms with E-state index in [1.807, 2.05) is 12.1 Å². The first-order valence-corrected chi connectivity index (χ1v) is 7.60. The first-order chi connectivity index (χ1) is 9.63. The van der Waals surface area contributed by atoms with Crippen molar-refractivity contribution in [3.05, 3.63) is 34.3 Å². The van der Waals surface area contributed by atoms with Crippen molar-refractivity contribution in [2.24, 2.45) is 5.73 Å². The Labute approximate surface area is 125 Å². The van der Waals surface area contributed by atoms with Crippen LogP contribution < -0.4 is 5.73 Å². The van der Waals surface area contributed by atoms with E-state index in [9.17, 15) is 0 Å². The van der Waals surface area contributed by atoms with Gasteiger partial charge in [-0.1, -0.05) is 23.7 Å². The monoisotopic (exact) mass is 292 g/mol. The van der Waals surface area contributed by atoms with Crippen LogP contribution in [-0.4, -0.2) is 47.9 Å². The second kappa shape index (κ2) is 5.72. The topological polar surface area (TPSA) is 56.4 Å². The van der Waals surface area contributed by atoms with Gasteiger partial charge in [-0.05, 0) is 24.5 Å². The van der Waals surface area contributed by atoms with Crippen LogP contribution in [0, 0.1) is 5.41 Å². The smallest absolute Gasteiger partial charge is 0.122 e. The van der Waals surface area contributed by atoms with E-state index >= 15 is 0 Å². The van der Waals surface area contributed by atoms with Crippen molar-refractivity contribution < 1.29 is 0 Å². The zero-order chi connectivity index (χ0) is 14.1. The summed E-state index contributed by atoms with van der Waals surface area (Å²) in [7, 11) is 0. The summed E-state index contributed by atoms with van der Waals surface area (Å²) in [5.74, 6) is 0.0662. The Hall–Kier alpha value is -1.10. The van der Waals surface area contributed by atoms with Gasteiger partial charge in [0.25, 0.3) is 0 Å². The lowest BCUT2D eigenvalue weighted by atomic mass is 10.1. The molecule has 3 N–H and O–H groups in total. The fourth-order valence-corrected chi connectivity index (χ4v) is 3.05. The van der Waals surface area contributed by atoms with Gasteiger partial charge in [0.2, 0.25) is 0 Å². The van der Waals surface area contributed by atoms with Crippen LogP contribution in [-0.2, 0) is 6.54 Å². The maximum Gasteiger partial charge on any atom is 0.122 e. The van der Waals surface area contributed by atoms with Crippen LogP contribution >= 0.6 is 11.6 Å². The minimum atomic E-state index is 0.0662. The number of halogens is 1. The Bertz CT molecular complexity index is 505. The molecule has 2 fully saturated rings. The number of nitrogen functional groups attached to an aromatic ring is 1. The molecule has 1 aromatic carbocycles. The summed E-state index contributed by atoms with van der Waals surface area (Å²) < 4.78 is 0. The van der Waals surface area contributed by atoms with Gasteiger partial charge < -0.3 is 5.73 Å². The highest BCUT2D eigenvalue weighted by molar-refractivity contribution is 6.31. The number of piperazine rings is 1. The highest BCUT2D eigenvalue weighted by Crippen LogP contribution is 2.28. The molecule has 0 unspecified atom stereocenters. The highest BCUT2D eigenvalue weighted by Gasteiger charge is 2.31. The molecule has 1 aromatic rings. The summed E-state index contributed by atoms with van der Waals surface area (Å²) in [4.78, 5) is 5.06. The van der Waals surface area contributed by atoms with Gasteiger partial charge in [0.1, 0.15) is 5.84 Å². The minimum absolute atomic E-state index is 0.0662. The van der Waals surface area contributed by atoms with E-state index in [1.54, 1.807) is 6.07 Å². The normalized spacial score (nSPS) is 21.1. The lowest BCUT2D eigenvalue weighted by Crippen LogP contribution is -2.46. The van der Waals surface area contributed by atoms with E-state index in [4.69, 9.17) is 22.7 Å². The molecule has 3 rings (SSSR count). The van der Waals surface area contributed by atoms with E-state index in [0.717, 1.165) is 31.2 Å². The van der Waals surface area contributed by atoms with Crippen LogP contribution in [0.2, 0.25) is 5.02 Å². The van der Waals surface area contributed by atoms with Crippen LogP contribution in [0.15, 0.2) is 18.2 Å². The number of hydrogen-bond acceptors (Lipinski definition) is 3. The molecule has 0 bridgehead atoms. The summed E-state index contributed by atoms with van der Waals surface area (Å²) in [6.07, 6.45) is 2.77. The molecule has 0 aromatic heterocycles. The molecule has 2 aliphatic rings. The lowest BCUT2D eigenvalue weighted by Gasteiger charge is -2.35. The quantitative estimate of drug-likeness (QED) is 0.658. The molecule has 0 radical (unpaired) electrons. The number of nitrogens with one attached hydrogen (secondary N) is 1. The van der Waals surface area contributed by atoms with E-state index in [2.05, 4.69) is 9.80 Å². The molecule has 0 atom stereocenters. The molecule has 0 amide bonds. The number of rotatable bonds is 4. The van der Waals surface area contributed by atoms with Gasteiger partial charge >= 0.3 is 0 Å². The summed E-state index contributed by atoms with van der Waals surface area (Å²) in [6.45, 7) is 5.46. The molecular formula is C15H21ClN4. The van der Waals surface area contributed by atoms with Crippen LogP contribution in [0.3, 0.4) is 0 Å². The van der Waals surface area contributed by atoms with Crippen molar-refractivity contribution in [1.82, 2.24) is 9.80 Å². The van der Waals surface area contributed by atoms with Gasteiger partial charge in [-0.15, -0.1) is 0 Å². The van der Waals surface area contributed by atoms with E-state index in [-0.39, 0.29) is 5.84 Å². The SMILES string of the molecule is N=C(N)c1ccc(CN2CCN(C3CC3)CC2)c(Cl)c1. The van der Waals surface area contributed by atoms with Crippen LogP contribution in [0.1, 0.15) is 24.0 Å². The fourth-order valence-electron chi connectivity index (χ4n) is 2.81. The predicted octanol–water partition coefficient (Wildman–Crippen LogP) is 1.90. The molecular weight excluding hydrogens is 272 g/mol. The summed E-state index contributed by atoms with van der Waals surface area (Å²) in [5.41, 5.74) is 7.29. The third-order valence-corrected chi connectivity index (χ3v) is 4.58. The van der Waals surface area contributed by atoms with Crippen molar-refractivity contribution >= 4 is 17.4 Å². The van der Waals surface area contributed by atoms with Crippen LogP contribution in [0.25, 0.3) is 0 Å². The van der Waals surface area contributed by atoms with Crippen LogP contribution in [0.5, 0.6) is 0 Å².